The van der Waals surface area contributed by atoms with Crippen molar-refractivity contribution in [3.8, 4) is 0 Å². The first-order valence-corrected chi connectivity index (χ1v) is 7.69. The average molecular weight is 436 g/mol. The monoisotopic (exact) mass is 435 g/mol. The van der Waals surface area contributed by atoms with E-state index in [2.05, 4.69) is 25.4 Å². The Hall–Kier alpha value is -2.53. The minimum absolute atomic E-state index is 0.176. The van der Waals surface area contributed by atoms with Crippen molar-refractivity contribution in [2.24, 2.45) is 0 Å². The van der Waals surface area contributed by atoms with Crippen LogP contribution in [0.15, 0.2) is 21.8 Å². The quantitative estimate of drug-likeness (QED) is 0.564. The molecular formula is C15H12BrF2NO7. The van der Waals surface area contributed by atoms with E-state index in [0.29, 0.717) is 0 Å². The van der Waals surface area contributed by atoms with Gasteiger partial charge in [-0.25, -0.2) is 23.2 Å². The molecule has 8 nitrogen and oxygen atoms in total. The second kappa shape index (κ2) is 7.79. The zero-order chi connectivity index (χ0) is 19.6. The summed E-state index contributed by atoms with van der Waals surface area (Å²) >= 11 is 2.95. The predicted octanol–water partition coefficient (Wildman–Crippen LogP) is 1.82. The fourth-order valence-electron chi connectivity index (χ4n) is 2.31. The lowest BCUT2D eigenvalue weighted by Crippen LogP contribution is -2.39. The summed E-state index contributed by atoms with van der Waals surface area (Å²) in [5, 5.41) is 8.93. The number of carbonyl (C=O) groups excluding carboxylic acids is 2. The van der Waals surface area contributed by atoms with Crippen LogP contribution in [0.2, 0.25) is 0 Å². The molecule has 1 aliphatic rings. The molecule has 0 saturated heterocycles. The Morgan fingerprint density at radius 3 is 2.35 bits per heavy atom. The van der Waals surface area contributed by atoms with Gasteiger partial charge in [0, 0.05) is 4.47 Å². The number of rotatable bonds is 4. The minimum Gasteiger partial charge on any atom is -0.478 e. The lowest BCUT2D eigenvalue weighted by molar-refractivity contribution is -0.140. The summed E-state index contributed by atoms with van der Waals surface area (Å²) in [4.78, 5) is 35.9. The Balaban J connectivity index is 2.73. The number of anilines is 1. The summed E-state index contributed by atoms with van der Waals surface area (Å²) in [5.74, 6) is -6.79. The molecule has 140 valence electrons. The molecule has 1 aromatic carbocycles. The van der Waals surface area contributed by atoms with Gasteiger partial charge in [0.2, 0.25) is 0 Å². The van der Waals surface area contributed by atoms with Gasteiger partial charge in [-0.1, -0.05) is 0 Å². The maximum atomic E-state index is 14.6. The van der Waals surface area contributed by atoms with Crippen LogP contribution in [0, 0.1) is 11.6 Å². The molecule has 0 aromatic heterocycles. The van der Waals surface area contributed by atoms with Crippen LogP contribution in [0.3, 0.4) is 0 Å². The molecular weight excluding hydrogens is 424 g/mol. The van der Waals surface area contributed by atoms with Crippen LogP contribution in [-0.2, 0) is 23.8 Å². The van der Waals surface area contributed by atoms with E-state index in [4.69, 9.17) is 9.84 Å². The highest BCUT2D eigenvalue weighted by atomic mass is 79.9. The standard InChI is InChI=1S/C15H12BrF2NO7/c1-24-14(22)7-4-26-5-19(11(7)15(23)25-2)12-8(16)3-6(13(20)21)9(17)10(12)18/h3H,4-5H2,1-2H3,(H,20,21). The molecule has 2 rings (SSSR count). The number of nitrogens with zero attached hydrogens (tertiary/aromatic N) is 1. The molecule has 1 aliphatic heterocycles. The summed E-state index contributed by atoms with van der Waals surface area (Å²) in [6.45, 7) is -0.741. The summed E-state index contributed by atoms with van der Waals surface area (Å²) in [7, 11) is 2.11. The number of methoxy groups -OCH3 is 2. The SMILES string of the molecule is COC(=O)C1=C(C(=O)OC)N(c2c(Br)cc(C(=O)O)c(F)c2F)COC1. The minimum atomic E-state index is -1.68. The zero-order valence-corrected chi connectivity index (χ0v) is 15.1. The molecule has 11 heteroatoms. The van der Waals surface area contributed by atoms with Gasteiger partial charge in [0.15, 0.2) is 11.6 Å². The first-order valence-electron chi connectivity index (χ1n) is 6.90. The summed E-state index contributed by atoms with van der Waals surface area (Å²) in [6, 6.07) is 0.831. The Bertz CT molecular complexity index is 825. The van der Waals surface area contributed by atoms with Crippen molar-refractivity contribution in [2.45, 2.75) is 0 Å². The molecule has 1 aromatic rings. The first kappa shape index (κ1) is 19.8. The van der Waals surface area contributed by atoms with Crippen molar-refractivity contribution < 1.29 is 42.5 Å². The van der Waals surface area contributed by atoms with Crippen LogP contribution in [-0.4, -0.2) is 50.6 Å². The van der Waals surface area contributed by atoms with Gasteiger partial charge >= 0.3 is 17.9 Å². The number of carboxylic acid groups (broad SMARTS) is 1. The van der Waals surface area contributed by atoms with Crippen LogP contribution in [0.4, 0.5) is 14.5 Å². The van der Waals surface area contributed by atoms with Gasteiger partial charge in [-0.15, -0.1) is 0 Å². The lowest BCUT2D eigenvalue weighted by atomic mass is 10.1. The summed E-state index contributed by atoms with van der Waals surface area (Å²) in [6.07, 6.45) is 0. The second-order valence-corrected chi connectivity index (χ2v) is 5.76. The van der Waals surface area contributed by atoms with Crippen molar-refractivity contribution in [1.29, 1.82) is 0 Å². The molecule has 0 atom stereocenters. The van der Waals surface area contributed by atoms with E-state index in [9.17, 15) is 23.2 Å². The molecule has 0 bridgehead atoms. The third-order valence-electron chi connectivity index (χ3n) is 3.47. The van der Waals surface area contributed by atoms with Crippen LogP contribution in [0.25, 0.3) is 0 Å². The summed E-state index contributed by atoms with van der Waals surface area (Å²) in [5.41, 5.74) is -2.12. The fourth-order valence-corrected chi connectivity index (χ4v) is 2.93. The number of aromatic carboxylic acids is 1. The van der Waals surface area contributed by atoms with Crippen molar-refractivity contribution in [1.82, 2.24) is 0 Å². The number of hydrogen-bond donors (Lipinski definition) is 1. The van der Waals surface area contributed by atoms with E-state index >= 15 is 0 Å². The van der Waals surface area contributed by atoms with Crippen LogP contribution in [0.1, 0.15) is 10.4 Å². The average Bonchev–Trinajstić information content (AvgIpc) is 2.62. The Labute approximate surface area is 154 Å². The first-order chi connectivity index (χ1) is 12.2. The Morgan fingerprint density at radius 1 is 1.19 bits per heavy atom. The van der Waals surface area contributed by atoms with E-state index in [1.165, 1.54) is 0 Å². The second-order valence-electron chi connectivity index (χ2n) is 4.90. The number of benzene rings is 1. The van der Waals surface area contributed by atoms with Gasteiger partial charge in [-0.05, 0) is 22.0 Å². The van der Waals surface area contributed by atoms with E-state index in [1.807, 2.05) is 0 Å². The van der Waals surface area contributed by atoms with Gasteiger partial charge in [-0.2, -0.15) is 0 Å². The zero-order valence-electron chi connectivity index (χ0n) is 13.5. The van der Waals surface area contributed by atoms with Crippen LogP contribution >= 0.6 is 15.9 Å². The number of ether oxygens (including phenoxy) is 3. The predicted molar refractivity (Wildman–Crippen MR) is 85.4 cm³/mol. The van der Waals surface area contributed by atoms with E-state index in [-0.39, 0.29) is 16.7 Å². The van der Waals surface area contributed by atoms with Gasteiger partial charge < -0.3 is 24.2 Å². The number of hydrogen-bond acceptors (Lipinski definition) is 7. The van der Waals surface area contributed by atoms with E-state index < -0.39 is 53.2 Å². The smallest absolute Gasteiger partial charge is 0.355 e. The number of carboxylic acids is 1. The number of carbonyl (C=O) groups is 3. The Morgan fingerprint density at radius 2 is 1.81 bits per heavy atom. The van der Waals surface area contributed by atoms with Crippen molar-refractivity contribution in [3.63, 3.8) is 0 Å². The van der Waals surface area contributed by atoms with E-state index in [0.717, 1.165) is 25.2 Å². The third kappa shape index (κ3) is 3.40. The molecule has 0 unspecified atom stereocenters. The van der Waals surface area contributed by atoms with Crippen molar-refractivity contribution in [2.75, 3.05) is 32.5 Å². The molecule has 0 spiro atoms. The van der Waals surface area contributed by atoms with Gasteiger partial charge in [0.1, 0.15) is 12.4 Å². The van der Waals surface area contributed by atoms with Gasteiger partial charge in [0.05, 0.1) is 37.7 Å². The highest BCUT2D eigenvalue weighted by molar-refractivity contribution is 9.10. The number of halogens is 3. The van der Waals surface area contributed by atoms with Crippen molar-refractivity contribution in [3.05, 3.63) is 39.0 Å². The molecule has 26 heavy (non-hydrogen) atoms. The molecule has 1 N–H and O–H groups in total. The van der Waals surface area contributed by atoms with Gasteiger partial charge in [0.25, 0.3) is 0 Å². The highest BCUT2D eigenvalue weighted by Crippen LogP contribution is 2.37. The lowest BCUT2D eigenvalue weighted by Gasteiger charge is -2.32. The highest BCUT2D eigenvalue weighted by Gasteiger charge is 2.36. The van der Waals surface area contributed by atoms with Crippen LogP contribution < -0.4 is 4.90 Å². The third-order valence-corrected chi connectivity index (χ3v) is 4.07. The summed E-state index contributed by atoms with van der Waals surface area (Å²) < 4.78 is 42.8. The van der Waals surface area contributed by atoms with E-state index in [1.54, 1.807) is 0 Å². The largest absolute Gasteiger partial charge is 0.478 e. The fraction of sp³-hybridized carbons (Fsp3) is 0.267. The topological polar surface area (TPSA) is 102 Å². The molecule has 0 aliphatic carbocycles. The molecule has 1 heterocycles. The number of esters is 2. The maximum absolute atomic E-state index is 14.6. The Kier molecular flexibility index (Phi) is 5.93. The maximum Gasteiger partial charge on any atom is 0.355 e. The van der Waals surface area contributed by atoms with Crippen LogP contribution in [0.5, 0.6) is 0 Å². The van der Waals surface area contributed by atoms with Gasteiger partial charge in [-0.3, -0.25) is 0 Å². The molecule has 0 fully saturated rings. The molecule has 0 saturated carbocycles. The molecule has 0 radical (unpaired) electrons. The molecule has 0 amide bonds. The van der Waals surface area contributed by atoms with Crippen molar-refractivity contribution >= 4 is 39.5 Å². The normalized spacial score (nSPS) is 14.3.